The van der Waals surface area contributed by atoms with Gasteiger partial charge in [-0.25, -0.2) is 0 Å². The van der Waals surface area contributed by atoms with Crippen molar-refractivity contribution in [2.45, 2.75) is 13.5 Å². The summed E-state index contributed by atoms with van der Waals surface area (Å²) in [5.41, 5.74) is 1.29. The van der Waals surface area contributed by atoms with Gasteiger partial charge < -0.3 is 4.74 Å². The molecule has 0 aliphatic rings. The van der Waals surface area contributed by atoms with Gasteiger partial charge >= 0.3 is 0 Å². The summed E-state index contributed by atoms with van der Waals surface area (Å²) in [4.78, 5) is 0. The van der Waals surface area contributed by atoms with Gasteiger partial charge in [0.1, 0.15) is 0 Å². The zero-order valence-electron chi connectivity index (χ0n) is 7.82. The third-order valence-corrected chi connectivity index (χ3v) is 1.58. The number of hydrogen-bond donors (Lipinski definition) is 1. The number of nitrogens with one attached hydrogen (secondary N) is 1. The average Bonchev–Trinajstić information content (AvgIpc) is 2.14. The maximum atomic E-state index is 5.14. The average molecular weight is 202 g/mol. The molecule has 0 radical (unpaired) electrons. The Balaban J connectivity index is 0.00000144. The predicted octanol–water partition coefficient (Wildman–Crippen LogP) is 2.19. The van der Waals surface area contributed by atoms with E-state index in [1.54, 1.807) is 0 Å². The van der Waals surface area contributed by atoms with Gasteiger partial charge in [-0.1, -0.05) is 30.3 Å². The molecule has 1 aromatic carbocycles. The van der Waals surface area contributed by atoms with Gasteiger partial charge in [0.25, 0.3) is 0 Å². The van der Waals surface area contributed by atoms with Crippen molar-refractivity contribution < 1.29 is 4.74 Å². The van der Waals surface area contributed by atoms with E-state index in [0.717, 1.165) is 13.2 Å². The normalized spacial score (nSPS) is 9.31. The van der Waals surface area contributed by atoms with E-state index in [4.69, 9.17) is 4.74 Å². The number of hydrogen-bond acceptors (Lipinski definition) is 2. The number of halogens is 1. The zero-order chi connectivity index (χ0) is 8.65. The van der Waals surface area contributed by atoms with E-state index in [-0.39, 0.29) is 12.4 Å². The minimum absolute atomic E-state index is 0. The van der Waals surface area contributed by atoms with Crippen LogP contribution in [-0.4, -0.2) is 13.3 Å². The lowest BCUT2D eigenvalue weighted by Crippen LogP contribution is -2.17. The van der Waals surface area contributed by atoms with E-state index < -0.39 is 0 Å². The minimum Gasteiger partial charge on any atom is -0.367 e. The highest BCUT2D eigenvalue weighted by atomic mass is 35.5. The van der Waals surface area contributed by atoms with Crippen molar-refractivity contribution in [2.75, 3.05) is 13.3 Å². The first-order valence-corrected chi connectivity index (χ1v) is 4.26. The van der Waals surface area contributed by atoms with Crippen LogP contribution in [0.5, 0.6) is 0 Å². The molecule has 1 aromatic rings. The first-order chi connectivity index (χ1) is 5.93. The van der Waals surface area contributed by atoms with E-state index in [1.165, 1.54) is 5.56 Å². The first-order valence-electron chi connectivity index (χ1n) is 4.26. The summed E-state index contributed by atoms with van der Waals surface area (Å²) in [6.45, 7) is 4.26. The summed E-state index contributed by atoms with van der Waals surface area (Å²) in [6.07, 6.45) is 0. The molecule has 0 saturated carbocycles. The van der Waals surface area contributed by atoms with E-state index in [2.05, 4.69) is 17.4 Å². The quantitative estimate of drug-likeness (QED) is 0.583. The van der Waals surface area contributed by atoms with Crippen LogP contribution in [0.15, 0.2) is 30.3 Å². The van der Waals surface area contributed by atoms with Gasteiger partial charge in [-0.05, 0) is 12.5 Å². The second-order valence-corrected chi connectivity index (χ2v) is 2.55. The maximum absolute atomic E-state index is 5.14. The van der Waals surface area contributed by atoms with Crippen LogP contribution in [0.4, 0.5) is 0 Å². The smallest absolute Gasteiger partial charge is 0.0967 e. The largest absolute Gasteiger partial charge is 0.367 e. The molecule has 0 aromatic heterocycles. The lowest BCUT2D eigenvalue weighted by molar-refractivity contribution is 0.128. The van der Waals surface area contributed by atoms with Crippen molar-refractivity contribution in [3.05, 3.63) is 35.9 Å². The number of benzene rings is 1. The van der Waals surface area contributed by atoms with Crippen molar-refractivity contribution >= 4 is 12.4 Å². The van der Waals surface area contributed by atoms with Crippen molar-refractivity contribution in [3.8, 4) is 0 Å². The Morgan fingerprint density at radius 2 is 1.92 bits per heavy atom. The highest BCUT2D eigenvalue weighted by molar-refractivity contribution is 5.85. The zero-order valence-corrected chi connectivity index (χ0v) is 8.64. The minimum atomic E-state index is 0. The van der Waals surface area contributed by atoms with Crippen molar-refractivity contribution in [2.24, 2.45) is 0 Å². The van der Waals surface area contributed by atoms with Crippen LogP contribution in [0.1, 0.15) is 12.5 Å². The van der Waals surface area contributed by atoms with Crippen molar-refractivity contribution in [3.63, 3.8) is 0 Å². The molecule has 0 amide bonds. The molecular weight excluding hydrogens is 186 g/mol. The monoisotopic (exact) mass is 201 g/mol. The summed E-state index contributed by atoms with van der Waals surface area (Å²) in [6, 6.07) is 10.3. The van der Waals surface area contributed by atoms with Crippen LogP contribution in [0.2, 0.25) is 0 Å². The van der Waals surface area contributed by atoms with Gasteiger partial charge in [0.2, 0.25) is 0 Å². The van der Waals surface area contributed by atoms with Gasteiger partial charge in [-0.3, -0.25) is 5.32 Å². The molecule has 0 saturated heterocycles. The molecule has 0 heterocycles. The van der Waals surface area contributed by atoms with Crippen LogP contribution in [0.25, 0.3) is 0 Å². The van der Waals surface area contributed by atoms with Crippen molar-refractivity contribution in [1.82, 2.24) is 5.32 Å². The molecule has 0 atom stereocenters. The fraction of sp³-hybridized carbons (Fsp3) is 0.400. The number of ether oxygens (including phenoxy) is 1. The summed E-state index contributed by atoms with van der Waals surface area (Å²) >= 11 is 0. The van der Waals surface area contributed by atoms with E-state index in [1.807, 2.05) is 25.1 Å². The predicted molar refractivity (Wildman–Crippen MR) is 57.0 cm³/mol. The molecule has 1 rings (SSSR count). The molecule has 0 fully saturated rings. The Labute approximate surface area is 85.7 Å². The molecule has 74 valence electrons. The van der Waals surface area contributed by atoms with Gasteiger partial charge in [0.15, 0.2) is 0 Å². The second-order valence-electron chi connectivity index (χ2n) is 2.55. The highest BCUT2D eigenvalue weighted by Gasteiger charge is 1.88. The lowest BCUT2D eigenvalue weighted by atomic mass is 10.2. The Hall–Kier alpha value is -0.570. The Morgan fingerprint density at radius 3 is 2.54 bits per heavy atom. The van der Waals surface area contributed by atoms with E-state index >= 15 is 0 Å². The molecule has 0 unspecified atom stereocenters. The van der Waals surface area contributed by atoms with E-state index in [9.17, 15) is 0 Å². The van der Waals surface area contributed by atoms with E-state index in [0.29, 0.717) is 6.73 Å². The first kappa shape index (κ1) is 12.4. The second kappa shape index (κ2) is 8.05. The Morgan fingerprint density at radius 1 is 1.23 bits per heavy atom. The van der Waals surface area contributed by atoms with Gasteiger partial charge in [-0.15, -0.1) is 12.4 Å². The molecule has 0 aliphatic carbocycles. The SMILES string of the molecule is CCOCNCc1ccccc1.Cl. The van der Waals surface area contributed by atoms with Crippen LogP contribution in [-0.2, 0) is 11.3 Å². The molecule has 0 bridgehead atoms. The fourth-order valence-electron chi connectivity index (χ4n) is 0.965. The molecule has 2 nitrogen and oxygen atoms in total. The third kappa shape index (κ3) is 5.64. The molecular formula is C10H16ClNO. The Kier molecular flexibility index (Phi) is 7.69. The van der Waals surface area contributed by atoms with Gasteiger partial charge in [-0.2, -0.15) is 0 Å². The topological polar surface area (TPSA) is 21.3 Å². The molecule has 13 heavy (non-hydrogen) atoms. The highest BCUT2D eigenvalue weighted by Crippen LogP contribution is 1.96. The summed E-state index contributed by atoms with van der Waals surface area (Å²) in [7, 11) is 0. The standard InChI is InChI=1S/C10H15NO.ClH/c1-2-12-9-11-8-10-6-4-3-5-7-10;/h3-7,11H,2,8-9H2,1H3;1H. The van der Waals surface area contributed by atoms with Crippen LogP contribution < -0.4 is 5.32 Å². The molecule has 0 spiro atoms. The summed E-state index contributed by atoms with van der Waals surface area (Å²) < 4.78 is 5.14. The number of rotatable bonds is 5. The molecule has 3 heteroatoms. The summed E-state index contributed by atoms with van der Waals surface area (Å²) in [5.74, 6) is 0. The van der Waals surface area contributed by atoms with Gasteiger partial charge in [0.05, 0.1) is 6.73 Å². The van der Waals surface area contributed by atoms with Crippen molar-refractivity contribution in [1.29, 1.82) is 0 Å². The van der Waals surface area contributed by atoms with Crippen LogP contribution in [0.3, 0.4) is 0 Å². The van der Waals surface area contributed by atoms with Crippen LogP contribution >= 0.6 is 12.4 Å². The maximum Gasteiger partial charge on any atom is 0.0967 e. The Bertz CT molecular complexity index is 203. The molecule has 1 N–H and O–H groups in total. The van der Waals surface area contributed by atoms with Gasteiger partial charge in [0, 0.05) is 13.2 Å². The fourth-order valence-corrected chi connectivity index (χ4v) is 0.965. The molecule has 0 aliphatic heterocycles. The van der Waals surface area contributed by atoms with Crippen LogP contribution in [0, 0.1) is 0 Å². The summed E-state index contributed by atoms with van der Waals surface area (Å²) in [5, 5.41) is 3.18. The third-order valence-electron chi connectivity index (χ3n) is 1.58. The lowest BCUT2D eigenvalue weighted by Gasteiger charge is -2.03.